The van der Waals surface area contributed by atoms with Crippen LogP contribution in [0.2, 0.25) is 0 Å². The molecular formula is C10H17N3O. The molecule has 0 aliphatic rings. The van der Waals surface area contributed by atoms with Gasteiger partial charge in [0.05, 0.1) is 0 Å². The maximum Gasteiger partial charge on any atom is 0.251 e. The number of nitrogens with two attached hydrogens (primary N) is 1. The Morgan fingerprint density at radius 3 is 2.86 bits per heavy atom. The molecule has 0 atom stereocenters. The number of nitrogens with one attached hydrogen (secondary N) is 1. The van der Waals surface area contributed by atoms with Gasteiger partial charge in [-0.1, -0.05) is 13.8 Å². The van der Waals surface area contributed by atoms with Crippen LogP contribution in [0.3, 0.4) is 0 Å². The number of hydrogen-bond donors (Lipinski definition) is 2. The van der Waals surface area contributed by atoms with E-state index in [4.69, 9.17) is 5.73 Å². The molecule has 1 aromatic heterocycles. The quantitative estimate of drug-likeness (QED) is 0.733. The van der Waals surface area contributed by atoms with Crippen LogP contribution in [-0.2, 0) is 12.8 Å². The van der Waals surface area contributed by atoms with Crippen molar-refractivity contribution >= 4 is 0 Å². The zero-order chi connectivity index (χ0) is 10.6. The molecule has 0 aromatic carbocycles. The second-order valence-electron chi connectivity index (χ2n) is 3.82. The Kier molecular flexibility index (Phi) is 3.83. The van der Waals surface area contributed by atoms with Crippen LogP contribution in [0.15, 0.2) is 10.9 Å². The van der Waals surface area contributed by atoms with Gasteiger partial charge in [0.1, 0.15) is 5.82 Å². The van der Waals surface area contributed by atoms with Gasteiger partial charge in [-0.05, 0) is 18.9 Å². The topological polar surface area (TPSA) is 71.8 Å². The first kappa shape index (κ1) is 10.9. The first-order valence-corrected chi connectivity index (χ1v) is 4.91. The Labute approximate surface area is 83.6 Å². The molecule has 0 spiro atoms. The Balaban J connectivity index is 2.89. The van der Waals surface area contributed by atoms with E-state index in [1.807, 2.05) is 0 Å². The van der Waals surface area contributed by atoms with Gasteiger partial charge in [-0.15, -0.1) is 0 Å². The molecule has 0 saturated carbocycles. The highest BCUT2D eigenvalue weighted by molar-refractivity contribution is 5.03. The largest absolute Gasteiger partial charge is 0.330 e. The van der Waals surface area contributed by atoms with E-state index in [-0.39, 0.29) is 5.56 Å². The van der Waals surface area contributed by atoms with E-state index in [1.165, 1.54) is 0 Å². The van der Waals surface area contributed by atoms with Crippen LogP contribution in [-0.4, -0.2) is 16.5 Å². The molecule has 1 rings (SSSR count). The summed E-state index contributed by atoms with van der Waals surface area (Å²) >= 11 is 0. The van der Waals surface area contributed by atoms with Crippen LogP contribution in [0.5, 0.6) is 0 Å². The number of nitrogens with zero attached hydrogens (tertiary/aromatic N) is 1. The normalized spacial score (nSPS) is 10.9. The fraction of sp³-hybridized carbons (Fsp3) is 0.600. The van der Waals surface area contributed by atoms with Crippen molar-refractivity contribution in [2.75, 3.05) is 6.54 Å². The summed E-state index contributed by atoms with van der Waals surface area (Å²) in [4.78, 5) is 18.2. The monoisotopic (exact) mass is 195 g/mol. The Morgan fingerprint density at radius 2 is 2.29 bits per heavy atom. The lowest BCUT2D eigenvalue weighted by Crippen LogP contribution is -2.16. The third-order valence-electron chi connectivity index (χ3n) is 1.84. The van der Waals surface area contributed by atoms with E-state index in [9.17, 15) is 4.79 Å². The van der Waals surface area contributed by atoms with Crippen LogP contribution in [0.4, 0.5) is 0 Å². The predicted octanol–water partition coefficient (Wildman–Crippen LogP) is 0.470. The lowest BCUT2D eigenvalue weighted by Gasteiger charge is -2.05. The summed E-state index contributed by atoms with van der Waals surface area (Å²) in [6.07, 6.45) is 1.46. The molecule has 0 radical (unpaired) electrons. The SMILES string of the molecule is CC(C)Cc1cc(=O)[nH]c(CCN)n1. The summed E-state index contributed by atoms with van der Waals surface area (Å²) < 4.78 is 0. The maximum atomic E-state index is 11.2. The molecule has 0 fully saturated rings. The minimum absolute atomic E-state index is 0.0842. The van der Waals surface area contributed by atoms with Crippen LogP contribution < -0.4 is 11.3 Å². The summed E-state index contributed by atoms with van der Waals surface area (Å²) in [6, 6.07) is 1.56. The standard InChI is InChI=1S/C10H17N3O/c1-7(2)5-8-6-10(14)13-9(12-8)3-4-11/h6-7H,3-5,11H2,1-2H3,(H,12,13,14). The van der Waals surface area contributed by atoms with Gasteiger partial charge >= 0.3 is 0 Å². The summed E-state index contributed by atoms with van der Waals surface area (Å²) in [6.45, 7) is 4.71. The minimum atomic E-state index is -0.0842. The molecule has 1 heterocycles. The highest BCUT2D eigenvalue weighted by Gasteiger charge is 2.02. The molecular weight excluding hydrogens is 178 g/mol. The van der Waals surface area contributed by atoms with Crippen molar-refractivity contribution in [1.29, 1.82) is 0 Å². The minimum Gasteiger partial charge on any atom is -0.330 e. The smallest absolute Gasteiger partial charge is 0.251 e. The van der Waals surface area contributed by atoms with E-state index < -0.39 is 0 Å². The number of H-pyrrole nitrogens is 1. The Morgan fingerprint density at radius 1 is 1.57 bits per heavy atom. The van der Waals surface area contributed by atoms with Crippen molar-refractivity contribution < 1.29 is 0 Å². The Hall–Kier alpha value is -1.16. The molecule has 0 saturated heterocycles. The fourth-order valence-electron chi connectivity index (χ4n) is 1.34. The lowest BCUT2D eigenvalue weighted by molar-refractivity contribution is 0.628. The van der Waals surface area contributed by atoms with E-state index in [2.05, 4.69) is 23.8 Å². The molecule has 14 heavy (non-hydrogen) atoms. The van der Waals surface area contributed by atoms with Crippen LogP contribution in [0.1, 0.15) is 25.4 Å². The van der Waals surface area contributed by atoms with E-state index >= 15 is 0 Å². The van der Waals surface area contributed by atoms with Gasteiger partial charge in [-0.2, -0.15) is 0 Å². The van der Waals surface area contributed by atoms with Crippen molar-refractivity contribution in [3.63, 3.8) is 0 Å². The molecule has 1 aromatic rings. The van der Waals surface area contributed by atoms with Gasteiger partial charge in [0.25, 0.3) is 5.56 Å². The van der Waals surface area contributed by atoms with Gasteiger partial charge in [-0.25, -0.2) is 4.98 Å². The zero-order valence-corrected chi connectivity index (χ0v) is 8.71. The summed E-state index contributed by atoms with van der Waals surface area (Å²) in [5, 5.41) is 0. The van der Waals surface area contributed by atoms with E-state index in [0.29, 0.717) is 24.7 Å². The predicted molar refractivity (Wildman–Crippen MR) is 56.2 cm³/mol. The highest BCUT2D eigenvalue weighted by Crippen LogP contribution is 2.02. The molecule has 78 valence electrons. The van der Waals surface area contributed by atoms with E-state index in [1.54, 1.807) is 6.07 Å². The molecule has 0 bridgehead atoms. The third-order valence-corrected chi connectivity index (χ3v) is 1.84. The molecule has 4 heteroatoms. The first-order valence-electron chi connectivity index (χ1n) is 4.91. The van der Waals surface area contributed by atoms with Crippen LogP contribution >= 0.6 is 0 Å². The molecule has 4 nitrogen and oxygen atoms in total. The van der Waals surface area contributed by atoms with Crippen LogP contribution in [0, 0.1) is 5.92 Å². The number of aromatic amines is 1. The lowest BCUT2D eigenvalue weighted by atomic mass is 10.1. The number of hydrogen-bond acceptors (Lipinski definition) is 3. The van der Waals surface area contributed by atoms with Crippen molar-refractivity contribution in [3.05, 3.63) is 27.9 Å². The maximum absolute atomic E-state index is 11.2. The average molecular weight is 195 g/mol. The Bertz CT molecular complexity index is 343. The molecule has 3 N–H and O–H groups in total. The number of aromatic nitrogens is 2. The molecule has 0 amide bonds. The third kappa shape index (κ3) is 3.30. The van der Waals surface area contributed by atoms with Gasteiger partial charge in [-0.3, -0.25) is 4.79 Å². The second kappa shape index (κ2) is 4.91. The van der Waals surface area contributed by atoms with E-state index in [0.717, 1.165) is 12.1 Å². The highest BCUT2D eigenvalue weighted by atomic mass is 16.1. The van der Waals surface area contributed by atoms with Crippen LogP contribution in [0.25, 0.3) is 0 Å². The van der Waals surface area contributed by atoms with Crippen molar-refractivity contribution in [2.45, 2.75) is 26.7 Å². The van der Waals surface area contributed by atoms with Crippen molar-refractivity contribution in [3.8, 4) is 0 Å². The first-order chi connectivity index (χ1) is 6.61. The molecule has 0 aliphatic carbocycles. The zero-order valence-electron chi connectivity index (χ0n) is 8.71. The molecule has 0 unspecified atom stereocenters. The van der Waals surface area contributed by atoms with Crippen molar-refractivity contribution in [1.82, 2.24) is 9.97 Å². The fourth-order valence-corrected chi connectivity index (χ4v) is 1.34. The summed E-state index contributed by atoms with van der Waals surface area (Å²) in [5.41, 5.74) is 6.17. The van der Waals surface area contributed by atoms with Gasteiger partial charge < -0.3 is 10.7 Å². The van der Waals surface area contributed by atoms with Gasteiger partial charge in [0.2, 0.25) is 0 Å². The van der Waals surface area contributed by atoms with Gasteiger partial charge in [0.15, 0.2) is 0 Å². The molecule has 0 aliphatic heterocycles. The second-order valence-corrected chi connectivity index (χ2v) is 3.82. The average Bonchev–Trinajstić information content (AvgIpc) is 2.01. The van der Waals surface area contributed by atoms with Gasteiger partial charge in [0, 0.05) is 18.2 Å². The summed E-state index contributed by atoms with van der Waals surface area (Å²) in [5.74, 6) is 1.20. The number of rotatable bonds is 4. The van der Waals surface area contributed by atoms with Crippen molar-refractivity contribution in [2.24, 2.45) is 11.7 Å². The summed E-state index contributed by atoms with van der Waals surface area (Å²) in [7, 11) is 0.